The third-order valence-corrected chi connectivity index (χ3v) is 4.48. The first-order valence-electron chi connectivity index (χ1n) is 8.16. The van der Waals surface area contributed by atoms with Gasteiger partial charge in [-0.15, -0.1) is 0 Å². The van der Waals surface area contributed by atoms with Crippen LogP contribution in [0.15, 0.2) is 36.8 Å². The molecule has 24 heavy (non-hydrogen) atoms. The third kappa shape index (κ3) is 2.92. The molecular weight excluding hydrogens is 300 g/mol. The van der Waals surface area contributed by atoms with Gasteiger partial charge in [0.1, 0.15) is 0 Å². The fourth-order valence-corrected chi connectivity index (χ4v) is 3.08. The Bertz CT molecular complexity index is 836. The predicted octanol–water partition coefficient (Wildman–Crippen LogP) is 2.14. The molecule has 4 heterocycles. The van der Waals surface area contributed by atoms with E-state index in [2.05, 4.69) is 33.0 Å². The molecule has 3 aromatic heterocycles. The number of fused-ring (bicyclic) bond motifs is 1. The highest BCUT2D eigenvalue weighted by molar-refractivity contribution is 5.53. The lowest BCUT2D eigenvalue weighted by Gasteiger charge is -2.27. The molecule has 4 rings (SSSR count). The largest absolute Gasteiger partial charge is 0.293 e. The van der Waals surface area contributed by atoms with Crippen molar-refractivity contribution in [3.05, 3.63) is 59.4 Å². The van der Waals surface area contributed by atoms with Crippen molar-refractivity contribution in [1.29, 1.82) is 0 Å². The van der Waals surface area contributed by atoms with Crippen molar-refractivity contribution in [1.82, 2.24) is 29.6 Å². The Kier molecular flexibility index (Phi) is 3.82. The summed E-state index contributed by atoms with van der Waals surface area (Å²) in [4.78, 5) is 15.8. The van der Waals surface area contributed by atoms with Gasteiger partial charge in [0.15, 0.2) is 5.82 Å². The van der Waals surface area contributed by atoms with Crippen LogP contribution in [0.2, 0.25) is 0 Å². The Morgan fingerprint density at radius 3 is 2.92 bits per heavy atom. The van der Waals surface area contributed by atoms with Crippen LogP contribution in [0, 0.1) is 6.92 Å². The molecule has 0 atom stereocenters. The highest BCUT2D eigenvalue weighted by Crippen LogP contribution is 2.21. The Morgan fingerprint density at radius 2 is 2.17 bits per heavy atom. The Labute approximate surface area is 141 Å². The van der Waals surface area contributed by atoms with Crippen LogP contribution in [0.4, 0.5) is 0 Å². The predicted molar refractivity (Wildman–Crippen MR) is 91.0 cm³/mol. The van der Waals surface area contributed by atoms with Crippen LogP contribution >= 0.6 is 0 Å². The van der Waals surface area contributed by atoms with Crippen molar-refractivity contribution in [3.63, 3.8) is 0 Å². The van der Waals surface area contributed by atoms with Crippen molar-refractivity contribution < 1.29 is 0 Å². The summed E-state index contributed by atoms with van der Waals surface area (Å²) in [6.07, 6.45) is 6.47. The van der Waals surface area contributed by atoms with Gasteiger partial charge in [-0.2, -0.15) is 5.10 Å². The van der Waals surface area contributed by atoms with Gasteiger partial charge in [-0.3, -0.25) is 14.6 Å². The van der Waals surface area contributed by atoms with Crippen LogP contribution in [0.3, 0.4) is 0 Å². The number of aryl methyl sites for hydroxylation is 2. The lowest BCUT2D eigenvalue weighted by Crippen LogP contribution is -2.31. The SMILES string of the molecule is Cc1cc(CN2CCc3nc(-c4cccnc4)ncc3C2)nn1C. The molecular formula is C18H20N6. The standard InChI is InChI=1S/C18H20N6/c1-13-8-16(22-23(13)2)12-24-7-5-17-15(11-24)10-20-18(21-17)14-4-3-6-19-9-14/h3-4,6,8-10H,5,7,11-12H2,1-2H3. The van der Waals surface area contributed by atoms with E-state index in [0.29, 0.717) is 0 Å². The molecule has 6 nitrogen and oxygen atoms in total. The van der Waals surface area contributed by atoms with E-state index in [1.165, 1.54) is 11.3 Å². The molecule has 0 saturated carbocycles. The minimum atomic E-state index is 0.760. The molecule has 3 aromatic rings. The second kappa shape index (κ2) is 6.13. The first kappa shape index (κ1) is 15.0. The molecule has 122 valence electrons. The first-order chi connectivity index (χ1) is 11.7. The van der Waals surface area contributed by atoms with Gasteiger partial charge in [0.2, 0.25) is 0 Å². The minimum Gasteiger partial charge on any atom is -0.293 e. The lowest BCUT2D eigenvalue weighted by molar-refractivity contribution is 0.239. The maximum atomic E-state index is 4.75. The van der Waals surface area contributed by atoms with E-state index in [9.17, 15) is 0 Å². The normalized spacial score (nSPS) is 14.6. The van der Waals surface area contributed by atoms with Gasteiger partial charge in [-0.1, -0.05) is 0 Å². The highest BCUT2D eigenvalue weighted by atomic mass is 15.3. The zero-order valence-corrected chi connectivity index (χ0v) is 14.0. The number of rotatable bonds is 3. The molecule has 0 aromatic carbocycles. The van der Waals surface area contributed by atoms with E-state index in [1.807, 2.05) is 30.1 Å². The van der Waals surface area contributed by atoms with Crippen molar-refractivity contribution >= 4 is 0 Å². The van der Waals surface area contributed by atoms with Gasteiger partial charge in [-0.05, 0) is 25.1 Å². The van der Waals surface area contributed by atoms with Crippen LogP contribution in [-0.2, 0) is 26.6 Å². The van der Waals surface area contributed by atoms with Crippen LogP contribution in [-0.4, -0.2) is 36.2 Å². The topological polar surface area (TPSA) is 59.7 Å². The van der Waals surface area contributed by atoms with Crippen molar-refractivity contribution in [2.24, 2.45) is 7.05 Å². The summed E-state index contributed by atoms with van der Waals surface area (Å²) in [6.45, 7) is 4.81. The zero-order valence-electron chi connectivity index (χ0n) is 14.0. The Hall–Kier alpha value is -2.60. The summed E-state index contributed by atoms with van der Waals surface area (Å²) in [6, 6.07) is 6.06. The fraction of sp³-hybridized carbons (Fsp3) is 0.333. The average Bonchev–Trinajstić information content (AvgIpc) is 2.92. The van der Waals surface area contributed by atoms with Gasteiger partial charge in [0.25, 0.3) is 0 Å². The van der Waals surface area contributed by atoms with E-state index < -0.39 is 0 Å². The Balaban J connectivity index is 1.51. The number of aromatic nitrogens is 5. The van der Waals surface area contributed by atoms with Crippen LogP contribution < -0.4 is 0 Å². The van der Waals surface area contributed by atoms with Gasteiger partial charge >= 0.3 is 0 Å². The van der Waals surface area contributed by atoms with Crippen LogP contribution in [0.5, 0.6) is 0 Å². The van der Waals surface area contributed by atoms with E-state index in [-0.39, 0.29) is 0 Å². The molecule has 0 amide bonds. The van der Waals surface area contributed by atoms with Crippen molar-refractivity contribution in [2.75, 3.05) is 6.54 Å². The lowest BCUT2D eigenvalue weighted by atomic mass is 10.1. The molecule has 0 spiro atoms. The smallest absolute Gasteiger partial charge is 0.160 e. The summed E-state index contributed by atoms with van der Waals surface area (Å²) >= 11 is 0. The summed E-state index contributed by atoms with van der Waals surface area (Å²) in [7, 11) is 1.98. The van der Waals surface area contributed by atoms with E-state index in [0.717, 1.165) is 48.8 Å². The van der Waals surface area contributed by atoms with Gasteiger partial charge in [0, 0.05) is 68.5 Å². The van der Waals surface area contributed by atoms with Crippen LogP contribution in [0.1, 0.15) is 22.6 Å². The summed E-state index contributed by atoms with van der Waals surface area (Å²) in [5.41, 5.74) is 5.63. The summed E-state index contributed by atoms with van der Waals surface area (Å²) in [5, 5.41) is 4.55. The average molecular weight is 320 g/mol. The first-order valence-corrected chi connectivity index (χ1v) is 8.16. The molecule has 0 aliphatic carbocycles. The molecule has 0 unspecified atom stereocenters. The molecule has 0 bridgehead atoms. The van der Waals surface area contributed by atoms with E-state index >= 15 is 0 Å². The van der Waals surface area contributed by atoms with Crippen molar-refractivity contribution in [3.8, 4) is 11.4 Å². The molecule has 1 aliphatic heterocycles. The second-order valence-electron chi connectivity index (χ2n) is 6.27. The molecule has 0 N–H and O–H groups in total. The number of nitrogens with zero attached hydrogens (tertiary/aromatic N) is 6. The summed E-state index contributed by atoms with van der Waals surface area (Å²) in [5.74, 6) is 0.760. The summed E-state index contributed by atoms with van der Waals surface area (Å²) < 4.78 is 1.93. The maximum Gasteiger partial charge on any atom is 0.160 e. The fourth-order valence-electron chi connectivity index (χ4n) is 3.08. The molecule has 1 aliphatic rings. The molecule has 0 radical (unpaired) electrons. The minimum absolute atomic E-state index is 0.760. The third-order valence-electron chi connectivity index (χ3n) is 4.48. The number of pyridine rings is 1. The second-order valence-corrected chi connectivity index (χ2v) is 6.27. The van der Waals surface area contributed by atoms with Gasteiger partial charge < -0.3 is 0 Å². The zero-order chi connectivity index (χ0) is 16.5. The number of hydrogen-bond donors (Lipinski definition) is 0. The van der Waals surface area contributed by atoms with E-state index in [4.69, 9.17) is 4.98 Å². The van der Waals surface area contributed by atoms with Crippen LogP contribution in [0.25, 0.3) is 11.4 Å². The van der Waals surface area contributed by atoms with Gasteiger partial charge in [0.05, 0.1) is 11.4 Å². The van der Waals surface area contributed by atoms with Gasteiger partial charge in [-0.25, -0.2) is 9.97 Å². The molecule has 0 fully saturated rings. The quantitative estimate of drug-likeness (QED) is 0.740. The Morgan fingerprint density at radius 1 is 1.25 bits per heavy atom. The highest BCUT2D eigenvalue weighted by Gasteiger charge is 2.19. The van der Waals surface area contributed by atoms with E-state index in [1.54, 1.807) is 12.4 Å². The molecule has 6 heteroatoms. The maximum absolute atomic E-state index is 4.75. The monoisotopic (exact) mass is 320 g/mol. The number of hydrogen-bond acceptors (Lipinski definition) is 5. The molecule has 0 saturated heterocycles. The van der Waals surface area contributed by atoms with Crippen molar-refractivity contribution in [2.45, 2.75) is 26.4 Å².